The third-order valence-corrected chi connectivity index (χ3v) is 3.47. The number of amides is 1. The van der Waals surface area contributed by atoms with E-state index in [0.29, 0.717) is 11.4 Å². The van der Waals surface area contributed by atoms with Crippen LogP contribution >= 0.6 is 23.8 Å². The molecule has 0 aliphatic rings. The Morgan fingerprint density at radius 1 is 1.16 bits per heavy atom. The third-order valence-electron chi connectivity index (χ3n) is 2.97. The van der Waals surface area contributed by atoms with Gasteiger partial charge in [-0.25, -0.2) is 8.78 Å². The van der Waals surface area contributed by atoms with Gasteiger partial charge >= 0.3 is 0 Å². The van der Waals surface area contributed by atoms with Crippen LogP contribution in [0.5, 0.6) is 5.75 Å². The predicted molar refractivity (Wildman–Crippen MR) is 95.4 cm³/mol. The molecule has 0 radical (unpaired) electrons. The van der Waals surface area contributed by atoms with Crippen LogP contribution in [0.1, 0.15) is 6.92 Å². The zero-order valence-electron chi connectivity index (χ0n) is 13.0. The number of carbonyl (C=O) groups is 1. The molecule has 1 amide bonds. The van der Waals surface area contributed by atoms with Crippen molar-refractivity contribution in [3.63, 3.8) is 0 Å². The molecular formula is C16H14ClF2N3O2S. The van der Waals surface area contributed by atoms with Gasteiger partial charge in [-0.2, -0.15) is 0 Å². The Kier molecular flexibility index (Phi) is 6.49. The van der Waals surface area contributed by atoms with Gasteiger partial charge in [-0.15, -0.1) is 0 Å². The molecule has 0 aliphatic carbocycles. The van der Waals surface area contributed by atoms with Crippen molar-refractivity contribution in [1.82, 2.24) is 10.9 Å². The van der Waals surface area contributed by atoms with Gasteiger partial charge < -0.3 is 10.1 Å². The van der Waals surface area contributed by atoms with Crippen molar-refractivity contribution in [2.24, 2.45) is 0 Å². The fraction of sp³-hybridized carbons (Fsp3) is 0.125. The van der Waals surface area contributed by atoms with Gasteiger partial charge in [0.15, 0.2) is 11.2 Å². The molecule has 25 heavy (non-hydrogen) atoms. The predicted octanol–water partition coefficient (Wildman–Crippen LogP) is 3.40. The van der Waals surface area contributed by atoms with Gasteiger partial charge in [0.25, 0.3) is 5.91 Å². The topological polar surface area (TPSA) is 62.4 Å². The molecule has 132 valence electrons. The lowest BCUT2D eigenvalue weighted by atomic mass is 10.3. The van der Waals surface area contributed by atoms with Crippen LogP contribution in [0.3, 0.4) is 0 Å². The lowest BCUT2D eigenvalue weighted by Gasteiger charge is -2.16. The first-order valence-corrected chi connectivity index (χ1v) is 7.88. The Balaban J connectivity index is 1.80. The minimum absolute atomic E-state index is 0.0573. The van der Waals surface area contributed by atoms with Crippen LogP contribution in [0.4, 0.5) is 14.5 Å². The Morgan fingerprint density at radius 3 is 2.48 bits per heavy atom. The van der Waals surface area contributed by atoms with E-state index in [2.05, 4.69) is 16.2 Å². The SMILES string of the molecule is C[C@H](Oc1ccc(F)cc1)C(=O)NNC(=S)Nc1ccc(F)c(Cl)c1. The van der Waals surface area contributed by atoms with Crippen LogP contribution in [0.15, 0.2) is 42.5 Å². The summed E-state index contributed by atoms with van der Waals surface area (Å²) in [6.45, 7) is 1.52. The van der Waals surface area contributed by atoms with Crippen LogP contribution < -0.4 is 20.9 Å². The summed E-state index contributed by atoms with van der Waals surface area (Å²) in [7, 11) is 0. The Morgan fingerprint density at radius 2 is 1.84 bits per heavy atom. The summed E-state index contributed by atoms with van der Waals surface area (Å²) in [5.74, 6) is -1.09. The van der Waals surface area contributed by atoms with Gasteiger partial charge in [0, 0.05) is 5.69 Å². The fourth-order valence-electron chi connectivity index (χ4n) is 1.73. The normalized spacial score (nSPS) is 11.4. The van der Waals surface area contributed by atoms with Crippen LogP contribution in [0.2, 0.25) is 5.02 Å². The van der Waals surface area contributed by atoms with Gasteiger partial charge in [-0.3, -0.25) is 15.6 Å². The highest BCUT2D eigenvalue weighted by Crippen LogP contribution is 2.19. The average Bonchev–Trinajstić information content (AvgIpc) is 2.58. The molecule has 1 atom stereocenters. The molecule has 0 heterocycles. The number of hydrogen-bond acceptors (Lipinski definition) is 3. The Labute approximate surface area is 153 Å². The molecule has 2 aromatic rings. The molecule has 0 fully saturated rings. The van der Waals surface area contributed by atoms with Gasteiger partial charge in [-0.1, -0.05) is 11.6 Å². The number of carbonyl (C=O) groups excluding carboxylic acids is 1. The Bertz CT molecular complexity index is 774. The van der Waals surface area contributed by atoms with E-state index in [1.54, 1.807) is 0 Å². The lowest BCUT2D eigenvalue weighted by Crippen LogP contribution is -2.48. The summed E-state index contributed by atoms with van der Waals surface area (Å²) in [4.78, 5) is 11.9. The summed E-state index contributed by atoms with van der Waals surface area (Å²) in [6.07, 6.45) is -0.846. The van der Waals surface area contributed by atoms with E-state index < -0.39 is 23.6 Å². The van der Waals surface area contributed by atoms with Gasteiger partial charge in [0.2, 0.25) is 0 Å². The number of nitrogens with one attached hydrogen (secondary N) is 3. The van der Waals surface area contributed by atoms with Crippen molar-refractivity contribution < 1.29 is 18.3 Å². The highest BCUT2D eigenvalue weighted by Gasteiger charge is 2.15. The van der Waals surface area contributed by atoms with Gasteiger partial charge in [-0.05, 0) is 61.6 Å². The van der Waals surface area contributed by atoms with Crippen molar-refractivity contribution in [3.8, 4) is 5.75 Å². The zero-order chi connectivity index (χ0) is 18.4. The molecule has 0 saturated carbocycles. The number of anilines is 1. The highest BCUT2D eigenvalue weighted by molar-refractivity contribution is 7.80. The van der Waals surface area contributed by atoms with Gasteiger partial charge in [0.1, 0.15) is 17.4 Å². The van der Waals surface area contributed by atoms with Crippen LogP contribution in [0, 0.1) is 11.6 Å². The van der Waals surface area contributed by atoms with Crippen LogP contribution in [0.25, 0.3) is 0 Å². The smallest absolute Gasteiger partial charge is 0.279 e. The highest BCUT2D eigenvalue weighted by atomic mass is 35.5. The summed E-state index contributed by atoms with van der Waals surface area (Å²) in [5.41, 5.74) is 5.30. The minimum Gasteiger partial charge on any atom is -0.481 e. The maximum atomic E-state index is 13.1. The molecule has 9 heteroatoms. The van der Waals surface area contributed by atoms with E-state index in [-0.39, 0.29) is 10.1 Å². The number of hydrogen-bond donors (Lipinski definition) is 3. The van der Waals surface area contributed by atoms with Crippen molar-refractivity contribution in [2.45, 2.75) is 13.0 Å². The van der Waals surface area contributed by atoms with E-state index in [9.17, 15) is 13.6 Å². The minimum atomic E-state index is -0.846. The Hall–Kier alpha value is -2.45. The maximum absolute atomic E-state index is 13.1. The second kappa shape index (κ2) is 8.59. The number of thiocarbonyl (C=S) groups is 1. The second-order valence-electron chi connectivity index (χ2n) is 4.91. The van der Waals surface area contributed by atoms with Crippen molar-refractivity contribution in [2.75, 3.05) is 5.32 Å². The van der Waals surface area contributed by atoms with Crippen LogP contribution in [-0.4, -0.2) is 17.1 Å². The molecule has 0 unspecified atom stereocenters. The largest absolute Gasteiger partial charge is 0.481 e. The summed E-state index contributed by atoms with van der Waals surface area (Å²) < 4.78 is 31.3. The number of rotatable bonds is 4. The first-order chi connectivity index (χ1) is 11.8. The van der Waals surface area contributed by atoms with E-state index in [1.165, 1.54) is 49.4 Å². The number of hydrazine groups is 1. The molecule has 0 aromatic heterocycles. The number of halogens is 3. The number of ether oxygens (including phenoxy) is 1. The van der Waals surface area contributed by atoms with Crippen molar-refractivity contribution in [3.05, 3.63) is 59.1 Å². The number of benzene rings is 2. The molecule has 2 aromatic carbocycles. The van der Waals surface area contributed by atoms with E-state index in [0.717, 1.165) is 0 Å². The standard InChI is InChI=1S/C16H14ClF2N3O2S/c1-9(24-12-5-2-10(18)3-6-12)15(23)21-22-16(25)20-11-4-7-14(19)13(17)8-11/h2-9H,1H3,(H,21,23)(H2,20,22,25)/t9-/m0/s1. The molecule has 0 aliphatic heterocycles. The quantitative estimate of drug-likeness (QED) is 0.556. The van der Waals surface area contributed by atoms with E-state index in [1.807, 2.05) is 0 Å². The first-order valence-electron chi connectivity index (χ1n) is 7.09. The third kappa shape index (κ3) is 5.84. The lowest BCUT2D eigenvalue weighted by molar-refractivity contribution is -0.127. The summed E-state index contributed by atoms with van der Waals surface area (Å²) in [6, 6.07) is 9.26. The van der Waals surface area contributed by atoms with Gasteiger partial charge in [0.05, 0.1) is 5.02 Å². The summed E-state index contributed by atoms with van der Waals surface area (Å²) >= 11 is 10.7. The van der Waals surface area contributed by atoms with E-state index in [4.69, 9.17) is 28.6 Å². The molecule has 0 saturated heterocycles. The fourth-order valence-corrected chi connectivity index (χ4v) is 2.08. The molecule has 5 nitrogen and oxygen atoms in total. The average molecular weight is 386 g/mol. The monoisotopic (exact) mass is 385 g/mol. The molecular weight excluding hydrogens is 372 g/mol. The first kappa shape index (κ1) is 18.9. The van der Waals surface area contributed by atoms with E-state index >= 15 is 0 Å². The molecule has 2 rings (SSSR count). The molecule has 0 spiro atoms. The van der Waals surface area contributed by atoms with Crippen LogP contribution in [-0.2, 0) is 4.79 Å². The van der Waals surface area contributed by atoms with Crippen molar-refractivity contribution in [1.29, 1.82) is 0 Å². The molecule has 0 bridgehead atoms. The second-order valence-corrected chi connectivity index (χ2v) is 5.73. The molecule has 3 N–H and O–H groups in total. The summed E-state index contributed by atoms with van der Waals surface area (Å²) in [5, 5.41) is 2.75. The maximum Gasteiger partial charge on any atom is 0.279 e. The zero-order valence-corrected chi connectivity index (χ0v) is 14.5. The van der Waals surface area contributed by atoms with Crippen molar-refractivity contribution >= 4 is 40.5 Å².